The highest BCUT2D eigenvalue weighted by Crippen LogP contribution is 2.18. The molecular formula is C22H29FN4O. The SMILES string of the molecule is CN(C)CCNC(=O)c1ccc(CN2CCN(c3ccc(F)cc3)CC2)cc1. The summed E-state index contributed by atoms with van der Waals surface area (Å²) in [6, 6.07) is 14.6. The van der Waals surface area contributed by atoms with Crippen molar-refractivity contribution in [1.29, 1.82) is 0 Å². The summed E-state index contributed by atoms with van der Waals surface area (Å²) < 4.78 is 13.1. The number of carbonyl (C=O) groups is 1. The van der Waals surface area contributed by atoms with Crippen LogP contribution in [0.4, 0.5) is 10.1 Å². The third-order valence-corrected chi connectivity index (χ3v) is 5.03. The zero-order chi connectivity index (χ0) is 19.9. The second kappa shape index (κ2) is 9.66. The van der Waals surface area contributed by atoms with Gasteiger partial charge in [-0.1, -0.05) is 12.1 Å². The molecule has 1 fully saturated rings. The molecule has 0 unspecified atom stereocenters. The lowest BCUT2D eigenvalue weighted by Gasteiger charge is -2.36. The van der Waals surface area contributed by atoms with E-state index in [0.29, 0.717) is 12.1 Å². The van der Waals surface area contributed by atoms with Crippen LogP contribution in [0, 0.1) is 5.82 Å². The Bertz CT molecular complexity index is 753. The number of likely N-dealkylation sites (N-methyl/N-ethyl adjacent to an activating group) is 1. The summed E-state index contributed by atoms with van der Waals surface area (Å²) in [5.41, 5.74) is 2.98. The third kappa shape index (κ3) is 5.78. The van der Waals surface area contributed by atoms with Gasteiger partial charge in [0, 0.05) is 57.1 Å². The standard InChI is InChI=1S/C22H29FN4O/c1-25(2)12-11-24-22(28)19-5-3-18(4-6-19)17-26-13-15-27(16-14-26)21-9-7-20(23)8-10-21/h3-10H,11-17H2,1-2H3,(H,24,28). The van der Waals surface area contributed by atoms with E-state index in [0.717, 1.165) is 45.0 Å². The van der Waals surface area contributed by atoms with Crippen LogP contribution >= 0.6 is 0 Å². The number of carbonyl (C=O) groups excluding carboxylic acids is 1. The van der Waals surface area contributed by atoms with Gasteiger partial charge in [0.2, 0.25) is 0 Å². The van der Waals surface area contributed by atoms with Crippen LogP contribution in [0.1, 0.15) is 15.9 Å². The molecule has 1 aliphatic rings. The van der Waals surface area contributed by atoms with Gasteiger partial charge in [0.15, 0.2) is 0 Å². The van der Waals surface area contributed by atoms with E-state index in [1.807, 2.05) is 55.4 Å². The fourth-order valence-corrected chi connectivity index (χ4v) is 3.33. The van der Waals surface area contributed by atoms with Gasteiger partial charge in [0.05, 0.1) is 0 Å². The van der Waals surface area contributed by atoms with Gasteiger partial charge >= 0.3 is 0 Å². The maximum Gasteiger partial charge on any atom is 0.251 e. The summed E-state index contributed by atoms with van der Waals surface area (Å²) in [5.74, 6) is -0.224. The van der Waals surface area contributed by atoms with Gasteiger partial charge in [-0.05, 0) is 56.1 Å². The van der Waals surface area contributed by atoms with Crippen molar-refractivity contribution >= 4 is 11.6 Å². The smallest absolute Gasteiger partial charge is 0.251 e. The summed E-state index contributed by atoms with van der Waals surface area (Å²) >= 11 is 0. The number of hydrogen-bond acceptors (Lipinski definition) is 4. The molecule has 2 aromatic rings. The number of benzene rings is 2. The Morgan fingerprint density at radius 1 is 1.00 bits per heavy atom. The molecule has 3 rings (SSSR count). The fraction of sp³-hybridized carbons (Fsp3) is 0.409. The largest absolute Gasteiger partial charge is 0.369 e. The number of halogens is 1. The Kier molecular flexibility index (Phi) is 7.01. The van der Waals surface area contributed by atoms with Crippen LogP contribution in [0.5, 0.6) is 0 Å². The minimum atomic E-state index is -0.197. The second-order valence-corrected chi connectivity index (χ2v) is 7.50. The van der Waals surface area contributed by atoms with E-state index in [9.17, 15) is 9.18 Å². The van der Waals surface area contributed by atoms with Crippen molar-refractivity contribution in [2.24, 2.45) is 0 Å². The van der Waals surface area contributed by atoms with Crippen LogP contribution in [0.25, 0.3) is 0 Å². The molecule has 0 aliphatic carbocycles. The van der Waals surface area contributed by atoms with Gasteiger partial charge in [-0.15, -0.1) is 0 Å². The summed E-state index contributed by atoms with van der Waals surface area (Å²) in [6.07, 6.45) is 0. The molecule has 0 spiro atoms. The highest BCUT2D eigenvalue weighted by Gasteiger charge is 2.17. The Balaban J connectivity index is 1.46. The molecule has 0 saturated carbocycles. The number of amides is 1. The maximum absolute atomic E-state index is 13.1. The summed E-state index contributed by atoms with van der Waals surface area (Å²) in [7, 11) is 3.97. The molecule has 1 saturated heterocycles. The van der Waals surface area contributed by atoms with Crippen molar-refractivity contribution in [3.63, 3.8) is 0 Å². The molecule has 150 valence electrons. The normalized spacial score (nSPS) is 15.1. The molecule has 1 aliphatic heterocycles. The van der Waals surface area contributed by atoms with E-state index in [-0.39, 0.29) is 11.7 Å². The van der Waals surface area contributed by atoms with Crippen molar-refractivity contribution in [1.82, 2.24) is 15.1 Å². The van der Waals surface area contributed by atoms with Gasteiger partial charge < -0.3 is 15.1 Å². The number of hydrogen-bond donors (Lipinski definition) is 1. The van der Waals surface area contributed by atoms with E-state index in [4.69, 9.17) is 0 Å². The van der Waals surface area contributed by atoms with E-state index < -0.39 is 0 Å². The number of nitrogens with one attached hydrogen (secondary N) is 1. The fourth-order valence-electron chi connectivity index (χ4n) is 3.33. The van der Waals surface area contributed by atoms with E-state index in [2.05, 4.69) is 15.1 Å². The lowest BCUT2D eigenvalue weighted by atomic mass is 10.1. The molecule has 1 amide bonds. The van der Waals surface area contributed by atoms with E-state index >= 15 is 0 Å². The Morgan fingerprint density at radius 3 is 2.25 bits per heavy atom. The monoisotopic (exact) mass is 384 g/mol. The summed E-state index contributed by atoms with van der Waals surface area (Å²) in [4.78, 5) is 18.9. The number of piperazine rings is 1. The number of nitrogens with zero attached hydrogens (tertiary/aromatic N) is 3. The molecule has 6 heteroatoms. The van der Waals surface area contributed by atoms with Crippen molar-refractivity contribution in [2.45, 2.75) is 6.54 Å². The highest BCUT2D eigenvalue weighted by atomic mass is 19.1. The van der Waals surface area contributed by atoms with E-state index in [1.165, 1.54) is 17.7 Å². The van der Waals surface area contributed by atoms with Crippen LogP contribution in [-0.4, -0.2) is 69.1 Å². The Hall–Kier alpha value is -2.44. The summed E-state index contributed by atoms with van der Waals surface area (Å²) in [6.45, 7) is 6.13. The van der Waals surface area contributed by atoms with Crippen molar-refractivity contribution in [2.75, 3.05) is 58.3 Å². The van der Waals surface area contributed by atoms with Crippen LogP contribution in [0.15, 0.2) is 48.5 Å². The van der Waals surface area contributed by atoms with Crippen molar-refractivity contribution in [3.8, 4) is 0 Å². The summed E-state index contributed by atoms with van der Waals surface area (Å²) in [5, 5.41) is 2.94. The van der Waals surface area contributed by atoms with Gasteiger partial charge in [0.25, 0.3) is 5.91 Å². The molecule has 0 radical (unpaired) electrons. The molecule has 1 heterocycles. The number of rotatable bonds is 7. The molecule has 5 nitrogen and oxygen atoms in total. The minimum absolute atomic E-state index is 0.0266. The lowest BCUT2D eigenvalue weighted by molar-refractivity contribution is 0.0951. The predicted molar refractivity (Wildman–Crippen MR) is 111 cm³/mol. The molecule has 0 aromatic heterocycles. The topological polar surface area (TPSA) is 38.8 Å². The van der Waals surface area contributed by atoms with Crippen LogP contribution in [-0.2, 0) is 6.54 Å². The van der Waals surface area contributed by atoms with Crippen molar-refractivity contribution in [3.05, 3.63) is 65.5 Å². The van der Waals surface area contributed by atoms with Gasteiger partial charge in [-0.3, -0.25) is 9.69 Å². The maximum atomic E-state index is 13.1. The predicted octanol–water partition coefficient (Wildman–Crippen LogP) is 2.44. The second-order valence-electron chi connectivity index (χ2n) is 7.50. The zero-order valence-corrected chi connectivity index (χ0v) is 16.7. The molecular weight excluding hydrogens is 355 g/mol. The molecule has 28 heavy (non-hydrogen) atoms. The lowest BCUT2D eigenvalue weighted by Crippen LogP contribution is -2.45. The van der Waals surface area contributed by atoms with Crippen LogP contribution in [0.2, 0.25) is 0 Å². The van der Waals surface area contributed by atoms with Gasteiger partial charge in [-0.2, -0.15) is 0 Å². The molecule has 2 aromatic carbocycles. The molecule has 0 bridgehead atoms. The third-order valence-electron chi connectivity index (χ3n) is 5.03. The Morgan fingerprint density at radius 2 is 1.64 bits per heavy atom. The van der Waals surface area contributed by atoms with Gasteiger partial charge in [0.1, 0.15) is 5.82 Å². The quantitative estimate of drug-likeness (QED) is 0.796. The Labute approximate surface area is 166 Å². The first kappa shape index (κ1) is 20.3. The molecule has 1 N–H and O–H groups in total. The average molecular weight is 384 g/mol. The minimum Gasteiger partial charge on any atom is -0.369 e. The van der Waals surface area contributed by atoms with E-state index in [1.54, 1.807) is 0 Å². The van der Waals surface area contributed by atoms with Gasteiger partial charge in [-0.25, -0.2) is 4.39 Å². The highest BCUT2D eigenvalue weighted by molar-refractivity contribution is 5.94. The first-order chi connectivity index (χ1) is 13.5. The number of anilines is 1. The van der Waals surface area contributed by atoms with Crippen molar-refractivity contribution < 1.29 is 9.18 Å². The average Bonchev–Trinajstić information content (AvgIpc) is 2.69. The first-order valence-corrected chi connectivity index (χ1v) is 9.76. The zero-order valence-electron chi connectivity index (χ0n) is 16.7. The van der Waals surface area contributed by atoms with Crippen LogP contribution in [0.3, 0.4) is 0 Å². The van der Waals surface area contributed by atoms with Crippen LogP contribution < -0.4 is 10.2 Å². The first-order valence-electron chi connectivity index (χ1n) is 9.76. The molecule has 0 atom stereocenters.